The highest BCUT2D eigenvalue weighted by molar-refractivity contribution is 5.64. The third-order valence-electron chi connectivity index (χ3n) is 5.04. The van der Waals surface area contributed by atoms with Crippen molar-refractivity contribution in [2.24, 2.45) is 11.8 Å². The topological polar surface area (TPSA) is 110 Å². The van der Waals surface area contributed by atoms with Crippen molar-refractivity contribution < 1.29 is 34.3 Å². The Hall–Kier alpha value is -2.22. The lowest BCUT2D eigenvalue weighted by Gasteiger charge is -2.19. The summed E-state index contributed by atoms with van der Waals surface area (Å²) in [4.78, 5) is 10.4. The van der Waals surface area contributed by atoms with E-state index < -0.39 is 30.1 Å². The van der Waals surface area contributed by atoms with Crippen LogP contribution in [0.5, 0.6) is 5.75 Å². The van der Waals surface area contributed by atoms with E-state index in [1.165, 1.54) is 18.2 Å². The molecule has 0 saturated heterocycles. The standard InChI is InChI=1S/C22H29FO6/c23-18-8-5-6-9-21(18)29-14-15(24)11-12-17-16(19(25)13-20(17)26)7-3-1-2-4-10-22(27)28/h1,3,5-6,8-9,11-12,15-17,19-20,24-26H,2,4,7,10,13-14H2,(H,27,28)/p-1/b3-1-,12-11+/t15-,16?,17?,19+,20-/m1/s1. The van der Waals surface area contributed by atoms with Gasteiger partial charge in [-0.05, 0) is 43.7 Å². The van der Waals surface area contributed by atoms with Crippen LogP contribution in [0.1, 0.15) is 32.1 Å². The first kappa shape index (κ1) is 23.1. The zero-order chi connectivity index (χ0) is 21.2. The van der Waals surface area contributed by atoms with Crippen molar-refractivity contribution in [2.75, 3.05) is 6.61 Å². The molecular weight excluding hydrogens is 379 g/mol. The number of para-hydroxylation sites is 1. The summed E-state index contributed by atoms with van der Waals surface area (Å²) < 4.78 is 18.8. The smallest absolute Gasteiger partial charge is 0.165 e. The van der Waals surface area contributed by atoms with Gasteiger partial charge >= 0.3 is 0 Å². The van der Waals surface area contributed by atoms with E-state index in [1.807, 2.05) is 12.2 Å². The van der Waals surface area contributed by atoms with Gasteiger partial charge in [0.05, 0.1) is 12.2 Å². The summed E-state index contributed by atoms with van der Waals surface area (Å²) >= 11 is 0. The first-order chi connectivity index (χ1) is 13.9. The van der Waals surface area contributed by atoms with Crippen molar-refractivity contribution in [2.45, 2.75) is 50.4 Å². The quantitative estimate of drug-likeness (QED) is 0.377. The van der Waals surface area contributed by atoms with Gasteiger partial charge in [-0.15, -0.1) is 0 Å². The molecule has 1 fully saturated rings. The van der Waals surface area contributed by atoms with E-state index in [4.69, 9.17) is 4.74 Å². The van der Waals surface area contributed by atoms with Gasteiger partial charge < -0.3 is 30.0 Å². The molecule has 1 aromatic carbocycles. The summed E-state index contributed by atoms with van der Waals surface area (Å²) in [6, 6.07) is 5.92. The SMILES string of the molecule is O=C([O-])CCC/C=C\CC1C(/C=C/[C@@H](O)COc2ccccc2F)[C@H](O)C[C@@H]1O. The summed E-state index contributed by atoms with van der Waals surface area (Å²) in [7, 11) is 0. The molecule has 3 N–H and O–H groups in total. The molecule has 2 unspecified atom stereocenters. The number of carboxylic acid groups (broad SMARTS) is 1. The zero-order valence-electron chi connectivity index (χ0n) is 16.2. The van der Waals surface area contributed by atoms with Crippen molar-refractivity contribution >= 4 is 5.97 Å². The molecule has 0 radical (unpaired) electrons. The van der Waals surface area contributed by atoms with E-state index in [0.717, 1.165) is 0 Å². The molecule has 160 valence electrons. The predicted molar refractivity (Wildman–Crippen MR) is 103 cm³/mol. The van der Waals surface area contributed by atoms with Crippen molar-refractivity contribution in [1.29, 1.82) is 0 Å². The molecule has 1 saturated carbocycles. The van der Waals surface area contributed by atoms with Crippen LogP contribution in [0.15, 0.2) is 48.6 Å². The van der Waals surface area contributed by atoms with Crippen LogP contribution in [-0.2, 0) is 4.79 Å². The minimum absolute atomic E-state index is 0.00725. The van der Waals surface area contributed by atoms with Crippen LogP contribution in [0.25, 0.3) is 0 Å². The number of halogens is 1. The number of ether oxygens (including phenoxy) is 1. The highest BCUT2D eigenvalue weighted by Gasteiger charge is 2.39. The van der Waals surface area contributed by atoms with Gasteiger partial charge in [0.15, 0.2) is 11.6 Å². The second-order valence-corrected chi connectivity index (χ2v) is 7.28. The van der Waals surface area contributed by atoms with E-state index in [2.05, 4.69) is 0 Å². The summed E-state index contributed by atoms with van der Waals surface area (Å²) in [5.74, 6) is -2.07. The second-order valence-electron chi connectivity index (χ2n) is 7.28. The maximum atomic E-state index is 13.5. The molecule has 0 spiro atoms. The fourth-order valence-corrected chi connectivity index (χ4v) is 3.49. The van der Waals surface area contributed by atoms with Crippen molar-refractivity contribution in [1.82, 2.24) is 0 Å². The number of aliphatic carboxylic acids is 1. The van der Waals surface area contributed by atoms with Gasteiger partial charge in [0.1, 0.15) is 12.7 Å². The number of allylic oxidation sites excluding steroid dienone is 2. The number of carboxylic acids is 1. The van der Waals surface area contributed by atoms with Gasteiger partial charge in [-0.2, -0.15) is 0 Å². The van der Waals surface area contributed by atoms with Crippen molar-refractivity contribution in [3.63, 3.8) is 0 Å². The Balaban J connectivity index is 1.84. The normalized spacial score (nSPS) is 25.7. The number of aliphatic hydroxyl groups is 3. The van der Waals surface area contributed by atoms with Gasteiger partial charge in [-0.1, -0.05) is 36.4 Å². The number of hydrogen-bond donors (Lipinski definition) is 3. The first-order valence-electron chi connectivity index (χ1n) is 9.83. The average Bonchev–Trinajstić information content (AvgIpc) is 2.94. The molecule has 0 aliphatic heterocycles. The number of benzene rings is 1. The van der Waals surface area contributed by atoms with Crippen LogP contribution in [0.4, 0.5) is 4.39 Å². The molecule has 0 amide bonds. The number of rotatable bonds is 11. The molecular formula is C22H28FO6-. The zero-order valence-corrected chi connectivity index (χ0v) is 16.2. The predicted octanol–water partition coefficient (Wildman–Crippen LogP) is 1.35. The number of aliphatic hydroxyl groups excluding tert-OH is 3. The fourth-order valence-electron chi connectivity index (χ4n) is 3.49. The minimum Gasteiger partial charge on any atom is -0.550 e. The first-order valence-corrected chi connectivity index (χ1v) is 9.83. The molecule has 1 aromatic rings. The summed E-state index contributed by atoms with van der Waals surface area (Å²) in [5.41, 5.74) is 0. The van der Waals surface area contributed by atoms with Crippen LogP contribution in [0.3, 0.4) is 0 Å². The number of carbonyl (C=O) groups excluding carboxylic acids is 1. The number of carbonyl (C=O) groups is 1. The molecule has 2 rings (SSSR count). The molecule has 1 aliphatic rings. The Kier molecular flexibility index (Phi) is 9.31. The van der Waals surface area contributed by atoms with Gasteiger partial charge in [-0.3, -0.25) is 0 Å². The summed E-state index contributed by atoms with van der Waals surface area (Å²) in [6.45, 7) is -0.133. The lowest BCUT2D eigenvalue weighted by Crippen LogP contribution is -2.21. The van der Waals surface area contributed by atoms with Gasteiger partial charge in [-0.25, -0.2) is 4.39 Å². The summed E-state index contributed by atoms with van der Waals surface area (Å²) in [6.07, 6.45) is 6.40. The highest BCUT2D eigenvalue weighted by atomic mass is 19.1. The van der Waals surface area contributed by atoms with Crippen LogP contribution in [0, 0.1) is 17.7 Å². The molecule has 1 aliphatic carbocycles. The monoisotopic (exact) mass is 407 g/mol. The van der Waals surface area contributed by atoms with Crippen LogP contribution >= 0.6 is 0 Å². The molecule has 0 bridgehead atoms. The summed E-state index contributed by atoms with van der Waals surface area (Å²) in [5, 5.41) is 40.9. The molecule has 29 heavy (non-hydrogen) atoms. The maximum absolute atomic E-state index is 13.5. The van der Waals surface area contributed by atoms with Gasteiger partial charge in [0, 0.05) is 18.3 Å². The molecule has 0 heterocycles. The Morgan fingerprint density at radius 1 is 1.28 bits per heavy atom. The van der Waals surface area contributed by atoms with E-state index in [-0.39, 0.29) is 37.0 Å². The fraction of sp³-hybridized carbons (Fsp3) is 0.500. The van der Waals surface area contributed by atoms with E-state index in [9.17, 15) is 29.6 Å². The lowest BCUT2D eigenvalue weighted by atomic mass is 9.89. The Labute approximate surface area is 170 Å². The van der Waals surface area contributed by atoms with Crippen LogP contribution in [-0.4, -0.2) is 46.2 Å². The van der Waals surface area contributed by atoms with Crippen molar-refractivity contribution in [3.8, 4) is 5.75 Å². The molecule has 5 atom stereocenters. The molecule has 0 aromatic heterocycles. The Morgan fingerprint density at radius 2 is 2.03 bits per heavy atom. The third-order valence-corrected chi connectivity index (χ3v) is 5.04. The maximum Gasteiger partial charge on any atom is 0.165 e. The highest BCUT2D eigenvalue weighted by Crippen LogP contribution is 2.36. The number of hydrogen-bond acceptors (Lipinski definition) is 6. The van der Waals surface area contributed by atoms with Crippen molar-refractivity contribution in [3.05, 3.63) is 54.4 Å². The van der Waals surface area contributed by atoms with Crippen LogP contribution < -0.4 is 9.84 Å². The lowest BCUT2D eigenvalue weighted by molar-refractivity contribution is -0.305. The molecule has 6 nitrogen and oxygen atoms in total. The van der Waals surface area contributed by atoms with E-state index in [0.29, 0.717) is 19.3 Å². The largest absolute Gasteiger partial charge is 0.550 e. The van der Waals surface area contributed by atoms with Gasteiger partial charge in [0.2, 0.25) is 0 Å². The second kappa shape index (κ2) is 11.7. The molecule has 7 heteroatoms. The third kappa shape index (κ3) is 7.61. The number of unbranched alkanes of at least 4 members (excludes halogenated alkanes) is 1. The van der Waals surface area contributed by atoms with E-state index >= 15 is 0 Å². The Morgan fingerprint density at radius 3 is 2.76 bits per heavy atom. The van der Waals surface area contributed by atoms with Crippen LogP contribution in [0.2, 0.25) is 0 Å². The Bertz CT molecular complexity index is 704. The van der Waals surface area contributed by atoms with Gasteiger partial charge in [0.25, 0.3) is 0 Å². The average molecular weight is 407 g/mol. The van der Waals surface area contributed by atoms with E-state index in [1.54, 1.807) is 18.2 Å². The minimum atomic E-state index is -1.07.